The van der Waals surface area contributed by atoms with Crippen molar-refractivity contribution in [3.8, 4) is 0 Å². The number of aryl methyl sites for hydroxylation is 2. The molecule has 29 heavy (non-hydrogen) atoms. The normalized spacial score (nSPS) is 14.9. The van der Waals surface area contributed by atoms with E-state index in [9.17, 15) is 9.59 Å². The quantitative estimate of drug-likeness (QED) is 0.716. The molecule has 0 spiro atoms. The largest absolute Gasteiger partial charge is 0.345 e. The molecule has 1 aliphatic rings. The number of anilines is 1. The lowest BCUT2D eigenvalue weighted by atomic mass is 10.1. The summed E-state index contributed by atoms with van der Waals surface area (Å²) in [5.41, 5.74) is 5.37. The summed E-state index contributed by atoms with van der Waals surface area (Å²) in [7, 11) is 0. The van der Waals surface area contributed by atoms with Crippen molar-refractivity contribution in [3.63, 3.8) is 0 Å². The Morgan fingerprint density at radius 3 is 2.52 bits per heavy atom. The minimum absolute atomic E-state index is 0.0149. The summed E-state index contributed by atoms with van der Waals surface area (Å²) >= 11 is 0. The van der Waals surface area contributed by atoms with Gasteiger partial charge < -0.3 is 15.2 Å². The Hall–Kier alpha value is -3.19. The van der Waals surface area contributed by atoms with E-state index in [2.05, 4.69) is 20.2 Å². The molecule has 7 nitrogen and oxygen atoms in total. The van der Waals surface area contributed by atoms with Crippen molar-refractivity contribution >= 4 is 28.5 Å². The van der Waals surface area contributed by atoms with Crippen molar-refractivity contribution in [3.05, 3.63) is 59.4 Å². The van der Waals surface area contributed by atoms with Crippen LogP contribution in [0.1, 0.15) is 21.5 Å². The summed E-state index contributed by atoms with van der Waals surface area (Å²) in [5.74, 6) is -0.00647. The number of carbonyl (C=O) groups excluding carboxylic acids is 2. The van der Waals surface area contributed by atoms with Crippen LogP contribution in [0, 0.1) is 13.8 Å². The Balaban J connectivity index is 1.32. The minimum atomic E-state index is -0.0214. The van der Waals surface area contributed by atoms with Crippen LogP contribution in [0.2, 0.25) is 0 Å². The van der Waals surface area contributed by atoms with Gasteiger partial charge in [0.2, 0.25) is 5.91 Å². The molecule has 2 amide bonds. The zero-order valence-corrected chi connectivity index (χ0v) is 16.7. The number of aromatic amines is 1. The third-order valence-electron chi connectivity index (χ3n) is 5.44. The number of carbonyl (C=O) groups is 2. The molecule has 7 heteroatoms. The second kappa shape index (κ2) is 8.05. The first kappa shape index (κ1) is 19.1. The Kier molecular flexibility index (Phi) is 5.31. The molecule has 1 saturated heterocycles. The number of hydrogen-bond donors (Lipinski definition) is 2. The number of amides is 2. The molecule has 150 valence electrons. The molecule has 1 aromatic heterocycles. The van der Waals surface area contributed by atoms with Crippen molar-refractivity contribution < 1.29 is 9.59 Å². The van der Waals surface area contributed by atoms with Crippen LogP contribution >= 0.6 is 0 Å². The Morgan fingerprint density at radius 2 is 1.79 bits per heavy atom. The smallest absolute Gasteiger partial charge is 0.254 e. The zero-order chi connectivity index (χ0) is 20.4. The predicted molar refractivity (Wildman–Crippen MR) is 113 cm³/mol. The summed E-state index contributed by atoms with van der Waals surface area (Å²) in [6, 6.07) is 11.5. The van der Waals surface area contributed by atoms with E-state index < -0.39 is 0 Å². The van der Waals surface area contributed by atoms with E-state index in [-0.39, 0.29) is 11.8 Å². The number of aromatic nitrogens is 2. The topological polar surface area (TPSA) is 81.3 Å². The van der Waals surface area contributed by atoms with E-state index >= 15 is 0 Å². The van der Waals surface area contributed by atoms with Gasteiger partial charge in [-0.15, -0.1) is 0 Å². The summed E-state index contributed by atoms with van der Waals surface area (Å²) in [5, 5.41) is 3.03. The van der Waals surface area contributed by atoms with E-state index in [1.165, 1.54) is 0 Å². The molecule has 0 saturated carbocycles. The highest BCUT2D eigenvalue weighted by Gasteiger charge is 2.23. The number of para-hydroxylation sites is 1. The van der Waals surface area contributed by atoms with E-state index in [0.717, 1.165) is 27.8 Å². The molecule has 2 heterocycles. The average molecular weight is 391 g/mol. The van der Waals surface area contributed by atoms with Crippen LogP contribution in [0.15, 0.2) is 42.7 Å². The highest BCUT2D eigenvalue weighted by atomic mass is 16.2. The number of nitrogens with one attached hydrogen (secondary N) is 2. The van der Waals surface area contributed by atoms with Crippen LogP contribution in [0.3, 0.4) is 0 Å². The van der Waals surface area contributed by atoms with Gasteiger partial charge in [-0.25, -0.2) is 4.98 Å². The lowest BCUT2D eigenvalue weighted by Gasteiger charge is -2.34. The maximum absolute atomic E-state index is 12.8. The van der Waals surface area contributed by atoms with Gasteiger partial charge in [0.05, 0.1) is 23.9 Å². The number of imidazole rings is 1. The number of hydrogen-bond acceptors (Lipinski definition) is 4. The van der Waals surface area contributed by atoms with Crippen molar-refractivity contribution in [2.45, 2.75) is 13.8 Å². The lowest BCUT2D eigenvalue weighted by molar-refractivity contribution is -0.117. The average Bonchev–Trinajstić information content (AvgIpc) is 3.19. The molecular formula is C22H25N5O2. The Labute approximate surface area is 169 Å². The molecule has 2 aromatic carbocycles. The molecule has 0 radical (unpaired) electrons. The molecule has 2 N–H and O–H groups in total. The standard InChI is InChI=1S/C22H25N5O2/c1-15-4-3-5-16(2)21(15)25-20(28)13-26-8-10-27(11-9-26)22(29)17-6-7-18-19(12-17)24-14-23-18/h3-7,12,14H,8-11,13H2,1-2H3,(H,23,24)(H,25,28). The maximum atomic E-state index is 12.8. The first-order chi connectivity index (χ1) is 14.0. The molecule has 0 unspecified atom stereocenters. The molecular weight excluding hydrogens is 366 g/mol. The highest BCUT2D eigenvalue weighted by Crippen LogP contribution is 2.19. The van der Waals surface area contributed by atoms with Gasteiger partial charge in [0, 0.05) is 37.4 Å². The SMILES string of the molecule is Cc1cccc(C)c1NC(=O)CN1CCN(C(=O)c2ccc3nc[nH]c3c2)CC1. The van der Waals surface area contributed by atoms with E-state index in [4.69, 9.17) is 0 Å². The van der Waals surface area contributed by atoms with Gasteiger partial charge in [-0.05, 0) is 43.2 Å². The molecule has 1 fully saturated rings. The molecule has 0 aliphatic carbocycles. The van der Waals surface area contributed by atoms with Crippen molar-refractivity contribution in [1.82, 2.24) is 19.8 Å². The second-order valence-electron chi connectivity index (χ2n) is 7.52. The Morgan fingerprint density at radius 1 is 1.07 bits per heavy atom. The van der Waals surface area contributed by atoms with E-state index in [1.807, 2.05) is 55.1 Å². The molecule has 3 aromatic rings. The summed E-state index contributed by atoms with van der Waals surface area (Å²) in [4.78, 5) is 36.4. The van der Waals surface area contributed by atoms with Gasteiger partial charge >= 0.3 is 0 Å². The summed E-state index contributed by atoms with van der Waals surface area (Å²) in [6.45, 7) is 6.89. The first-order valence-electron chi connectivity index (χ1n) is 9.82. The molecule has 4 rings (SSSR count). The number of H-pyrrole nitrogens is 1. The number of nitrogens with zero attached hydrogens (tertiary/aromatic N) is 3. The van der Waals surface area contributed by atoms with Crippen LogP contribution < -0.4 is 5.32 Å². The number of rotatable bonds is 4. The van der Waals surface area contributed by atoms with Gasteiger partial charge in [0.25, 0.3) is 5.91 Å². The van der Waals surface area contributed by atoms with Gasteiger partial charge in [-0.3, -0.25) is 14.5 Å². The van der Waals surface area contributed by atoms with Crippen LogP contribution in [0.5, 0.6) is 0 Å². The number of fused-ring (bicyclic) bond motifs is 1. The fraction of sp³-hybridized carbons (Fsp3) is 0.318. The van der Waals surface area contributed by atoms with Gasteiger partial charge in [-0.2, -0.15) is 0 Å². The second-order valence-corrected chi connectivity index (χ2v) is 7.52. The summed E-state index contributed by atoms with van der Waals surface area (Å²) < 4.78 is 0. The van der Waals surface area contributed by atoms with E-state index in [1.54, 1.807) is 6.33 Å². The number of benzene rings is 2. The van der Waals surface area contributed by atoms with Gasteiger partial charge in [-0.1, -0.05) is 18.2 Å². The maximum Gasteiger partial charge on any atom is 0.254 e. The monoisotopic (exact) mass is 391 g/mol. The van der Waals surface area contributed by atoms with Crippen molar-refractivity contribution in [2.24, 2.45) is 0 Å². The van der Waals surface area contributed by atoms with Gasteiger partial charge in [0.1, 0.15) is 0 Å². The zero-order valence-electron chi connectivity index (χ0n) is 16.7. The Bertz CT molecular complexity index is 1030. The van der Waals surface area contributed by atoms with E-state index in [0.29, 0.717) is 38.3 Å². The van der Waals surface area contributed by atoms with Crippen molar-refractivity contribution in [1.29, 1.82) is 0 Å². The van der Waals surface area contributed by atoms with Crippen LogP contribution in [-0.2, 0) is 4.79 Å². The first-order valence-corrected chi connectivity index (χ1v) is 9.82. The van der Waals surface area contributed by atoms with Crippen LogP contribution in [-0.4, -0.2) is 64.3 Å². The molecule has 0 atom stereocenters. The number of piperazine rings is 1. The summed E-state index contributed by atoms with van der Waals surface area (Å²) in [6.07, 6.45) is 1.63. The third kappa shape index (κ3) is 4.14. The van der Waals surface area contributed by atoms with Crippen molar-refractivity contribution in [2.75, 3.05) is 38.0 Å². The third-order valence-corrected chi connectivity index (χ3v) is 5.44. The minimum Gasteiger partial charge on any atom is -0.345 e. The molecule has 1 aliphatic heterocycles. The molecule has 0 bridgehead atoms. The predicted octanol–water partition coefficient (Wildman–Crippen LogP) is 2.58. The highest BCUT2D eigenvalue weighted by molar-refractivity contribution is 5.97. The van der Waals surface area contributed by atoms with Crippen LogP contribution in [0.4, 0.5) is 5.69 Å². The fourth-order valence-corrected chi connectivity index (χ4v) is 3.75. The lowest BCUT2D eigenvalue weighted by Crippen LogP contribution is -2.50. The van der Waals surface area contributed by atoms with Crippen LogP contribution in [0.25, 0.3) is 11.0 Å². The fourth-order valence-electron chi connectivity index (χ4n) is 3.75. The van der Waals surface area contributed by atoms with Gasteiger partial charge in [0.15, 0.2) is 0 Å².